The molecule has 2 saturated heterocycles. The van der Waals surface area contributed by atoms with Gasteiger partial charge in [0.25, 0.3) is 0 Å². The highest BCUT2D eigenvalue weighted by Gasteiger charge is 2.42. The number of hydrazine groups is 1. The van der Waals surface area contributed by atoms with Crippen LogP contribution in [-0.4, -0.2) is 48.4 Å². The Morgan fingerprint density at radius 3 is 2.68 bits per heavy atom. The van der Waals surface area contributed by atoms with Gasteiger partial charge in [0.2, 0.25) is 0 Å². The summed E-state index contributed by atoms with van der Waals surface area (Å²) in [6, 6.07) is 4.72. The van der Waals surface area contributed by atoms with Crippen molar-refractivity contribution in [3.63, 3.8) is 0 Å². The van der Waals surface area contributed by atoms with Crippen molar-refractivity contribution < 1.29 is 9.47 Å². The Kier molecular flexibility index (Phi) is 7.21. The van der Waals surface area contributed by atoms with Crippen LogP contribution in [0.1, 0.15) is 55.0 Å². The Morgan fingerprint density at radius 2 is 1.94 bits per heavy atom. The first-order valence-electron chi connectivity index (χ1n) is 11.7. The van der Waals surface area contributed by atoms with E-state index in [2.05, 4.69) is 26.8 Å². The lowest BCUT2D eigenvalue weighted by Crippen LogP contribution is -2.37. The zero-order chi connectivity index (χ0) is 23.7. The van der Waals surface area contributed by atoms with Gasteiger partial charge in [0.15, 0.2) is 0 Å². The summed E-state index contributed by atoms with van der Waals surface area (Å²) in [5, 5.41) is 10.9. The van der Waals surface area contributed by atoms with E-state index in [-0.39, 0.29) is 18.2 Å². The number of rotatable bonds is 5. The van der Waals surface area contributed by atoms with Gasteiger partial charge in [0.1, 0.15) is 11.9 Å². The molecule has 4 heterocycles. The first kappa shape index (κ1) is 23.7. The van der Waals surface area contributed by atoms with Gasteiger partial charge in [-0.1, -0.05) is 23.2 Å². The molecule has 0 bridgehead atoms. The summed E-state index contributed by atoms with van der Waals surface area (Å²) >= 11 is 12.7. The van der Waals surface area contributed by atoms with E-state index in [4.69, 9.17) is 37.7 Å². The predicted octanol–water partition coefficient (Wildman–Crippen LogP) is 3.96. The maximum absolute atomic E-state index is 9.81. The van der Waals surface area contributed by atoms with E-state index in [1.54, 1.807) is 12.4 Å². The van der Waals surface area contributed by atoms with Crippen LogP contribution in [0.25, 0.3) is 0 Å². The summed E-state index contributed by atoms with van der Waals surface area (Å²) in [5.41, 5.74) is 9.30. The number of nitrogens with one attached hydrogen (secondary N) is 2. The van der Waals surface area contributed by atoms with E-state index >= 15 is 0 Å². The van der Waals surface area contributed by atoms with Crippen molar-refractivity contribution >= 4 is 29.0 Å². The molecule has 4 unspecified atom stereocenters. The summed E-state index contributed by atoms with van der Waals surface area (Å²) in [7, 11) is 0. The van der Waals surface area contributed by atoms with Crippen molar-refractivity contribution in [3.8, 4) is 6.07 Å². The second kappa shape index (κ2) is 10.3. The van der Waals surface area contributed by atoms with Crippen molar-refractivity contribution in [1.29, 1.82) is 5.26 Å². The molecule has 1 aliphatic carbocycles. The summed E-state index contributed by atoms with van der Waals surface area (Å²) in [5.74, 6) is 1.05. The number of nitrogens with zero attached hydrogens (tertiary/aromatic N) is 4. The Labute approximate surface area is 209 Å². The molecule has 8 nitrogen and oxygen atoms in total. The van der Waals surface area contributed by atoms with Gasteiger partial charge in [-0.2, -0.15) is 5.26 Å². The topological polar surface area (TPSA) is 95.3 Å². The van der Waals surface area contributed by atoms with Gasteiger partial charge in [-0.3, -0.25) is 10.4 Å². The molecule has 2 aromatic rings. The van der Waals surface area contributed by atoms with Gasteiger partial charge in [-0.05, 0) is 43.7 Å². The lowest BCUT2D eigenvalue weighted by Gasteiger charge is -2.35. The molecule has 0 amide bonds. The van der Waals surface area contributed by atoms with E-state index in [1.165, 1.54) is 0 Å². The molecule has 1 saturated carbocycles. The molecule has 2 aliphatic heterocycles. The highest BCUT2D eigenvalue weighted by molar-refractivity contribution is 6.35. The molecule has 5 rings (SSSR count). The molecule has 2 aromatic heterocycles. The minimum absolute atomic E-state index is 0.0538. The average Bonchev–Trinajstić information content (AvgIpc) is 3.27. The molecule has 3 aliphatic rings. The van der Waals surface area contributed by atoms with Crippen molar-refractivity contribution in [2.45, 2.75) is 50.5 Å². The molecule has 2 N–H and O–H groups in total. The Morgan fingerprint density at radius 1 is 1.18 bits per heavy atom. The quantitative estimate of drug-likeness (QED) is 0.634. The van der Waals surface area contributed by atoms with Crippen LogP contribution in [0.5, 0.6) is 0 Å². The van der Waals surface area contributed by atoms with Crippen molar-refractivity contribution in [1.82, 2.24) is 20.8 Å². The minimum Gasteiger partial charge on any atom is -0.378 e. The molecule has 0 spiro atoms. The second-order valence-electron chi connectivity index (χ2n) is 9.12. The van der Waals surface area contributed by atoms with Crippen LogP contribution < -0.4 is 15.8 Å². The molecule has 0 radical (unpaired) electrons. The van der Waals surface area contributed by atoms with Gasteiger partial charge >= 0.3 is 0 Å². The fraction of sp³-hybridized carbons (Fsp3) is 0.542. The molecular formula is C24H28Cl2N6O2. The van der Waals surface area contributed by atoms with Crippen LogP contribution >= 0.6 is 23.2 Å². The number of hydrogen-bond acceptors (Lipinski definition) is 8. The molecule has 3 fully saturated rings. The summed E-state index contributed by atoms with van der Waals surface area (Å²) in [4.78, 5) is 10.9. The monoisotopic (exact) mass is 502 g/mol. The molecule has 180 valence electrons. The molecule has 0 aromatic carbocycles. The number of aromatic nitrogens is 2. The number of nitriles is 1. The van der Waals surface area contributed by atoms with Gasteiger partial charge in [-0.15, -0.1) is 0 Å². The number of pyridine rings is 2. The van der Waals surface area contributed by atoms with Crippen molar-refractivity contribution in [2.24, 2.45) is 5.92 Å². The standard InChI is InChI=1S/C24H28Cl2N6O2/c1-14(22-19(25)12-28-13-20(22)26)34-17-2-3-21-18(9-17)23(31-30-21)16-8-15(10-27)24(29-11-16)32-4-6-33-7-5-32/h8,11-14,17-18,21,23,30-31H,2-7,9H2,1H3/t14-,17?,18?,21?,23?/m1/s1. The Hall–Kier alpha value is -1.99. The zero-order valence-electron chi connectivity index (χ0n) is 19.0. The largest absolute Gasteiger partial charge is 0.378 e. The van der Waals surface area contributed by atoms with Gasteiger partial charge in [-0.25, -0.2) is 10.4 Å². The lowest BCUT2D eigenvalue weighted by molar-refractivity contribution is -0.0370. The third-order valence-corrected chi connectivity index (χ3v) is 7.68. The molecule has 34 heavy (non-hydrogen) atoms. The number of morpholine rings is 1. The maximum atomic E-state index is 9.81. The van der Waals surface area contributed by atoms with Crippen LogP contribution in [0, 0.1) is 17.2 Å². The van der Waals surface area contributed by atoms with Gasteiger partial charge in [0.05, 0.1) is 47.1 Å². The number of fused-ring (bicyclic) bond motifs is 1. The van der Waals surface area contributed by atoms with Gasteiger partial charge in [0, 0.05) is 43.3 Å². The second-order valence-corrected chi connectivity index (χ2v) is 9.93. The van der Waals surface area contributed by atoms with E-state index < -0.39 is 0 Å². The average molecular weight is 503 g/mol. The van der Waals surface area contributed by atoms with Crippen LogP contribution in [0.4, 0.5) is 5.82 Å². The normalized spacial score (nSPS) is 27.8. The predicted molar refractivity (Wildman–Crippen MR) is 130 cm³/mol. The number of hydrogen-bond donors (Lipinski definition) is 2. The van der Waals surface area contributed by atoms with E-state index in [9.17, 15) is 5.26 Å². The fourth-order valence-corrected chi connectivity index (χ4v) is 6.06. The highest BCUT2D eigenvalue weighted by atomic mass is 35.5. The van der Waals surface area contributed by atoms with Crippen LogP contribution in [-0.2, 0) is 9.47 Å². The molecule has 10 heteroatoms. The highest BCUT2D eigenvalue weighted by Crippen LogP contribution is 2.41. The smallest absolute Gasteiger partial charge is 0.146 e. The van der Waals surface area contributed by atoms with Crippen molar-refractivity contribution in [3.05, 3.63) is 51.4 Å². The van der Waals surface area contributed by atoms with Gasteiger partial charge < -0.3 is 14.4 Å². The van der Waals surface area contributed by atoms with Crippen LogP contribution in [0.2, 0.25) is 10.0 Å². The summed E-state index contributed by atoms with van der Waals surface area (Å²) in [6.07, 6.45) is 7.77. The number of anilines is 1. The van der Waals surface area contributed by atoms with E-state index in [0.717, 1.165) is 49.3 Å². The maximum Gasteiger partial charge on any atom is 0.146 e. The molecular weight excluding hydrogens is 475 g/mol. The third kappa shape index (κ3) is 4.74. The number of halogens is 2. The fourth-order valence-electron chi connectivity index (χ4n) is 5.39. The first-order valence-corrected chi connectivity index (χ1v) is 12.5. The van der Waals surface area contributed by atoms with Crippen LogP contribution in [0.3, 0.4) is 0 Å². The van der Waals surface area contributed by atoms with Crippen LogP contribution in [0.15, 0.2) is 24.7 Å². The number of ether oxygens (including phenoxy) is 2. The third-order valence-electron chi connectivity index (χ3n) is 7.08. The first-order chi connectivity index (χ1) is 16.5. The SMILES string of the molecule is C[C@@H](OC1CCC2NNC(c3cnc(N4CCOCC4)c(C#N)c3)C2C1)c1c(Cl)cncc1Cl. The van der Waals surface area contributed by atoms with E-state index in [1.807, 2.05) is 19.2 Å². The Bertz CT molecular complexity index is 1050. The zero-order valence-corrected chi connectivity index (χ0v) is 20.5. The minimum atomic E-state index is -0.231. The van der Waals surface area contributed by atoms with E-state index in [0.29, 0.717) is 40.8 Å². The summed E-state index contributed by atoms with van der Waals surface area (Å²) < 4.78 is 11.9. The van der Waals surface area contributed by atoms with Crippen molar-refractivity contribution in [2.75, 3.05) is 31.2 Å². The lowest BCUT2D eigenvalue weighted by atomic mass is 9.78. The molecule has 5 atom stereocenters. The Balaban J connectivity index is 1.31. The summed E-state index contributed by atoms with van der Waals surface area (Å²) in [6.45, 7) is 4.79.